The van der Waals surface area contributed by atoms with Gasteiger partial charge in [0.1, 0.15) is 0 Å². The maximum Gasteiger partial charge on any atom is 0.234 e. The molecule has 1 unspecified atom stereocenters. The van der Waals surface area contributed by atoms with Crippen LogP contribution in [0.25, 0.3) is 0 Å². The summed E-state index contributed by atoms with van der Waals surface area (Å²) in [5, 5.41) is 7.16. The van der Waals surface area contributed by atoms with Gasteiger partial charge in [0, 0.05) is 5.02 Å². The highest BCUT2D eigenvalue weighted by Gasteiger charge is 2.21. The highest BCUT2D eigenvalue weighted by molar-refractivity contribution is 6.31. The van der Waals surface area contributed by atoms with Crippen LogP contribution in [0, 0.1) is 5.92 Å². The smallest absolute Gasteiger partial charge is 0.234 e. The second-order valence-corrected chi connectivity index (χ2v) is 6.75. The molecule has 128 valence electrons. The van der Waals surface area contributed by atoms with E-state index in [9.17, 15) is 4.79 Å². The molecule has 5 heteroatoms. The van der Waals surface area contributed by atoms with E-state index in [1.807, 2.05) is 31.2 Å². The maximum absolute atomic E-state index is 12.3. The fourth-order valence-corrected chi connectivity index (χ4v) is 3.39. The summed E-state index contributed by atoms with van der Waals surface area (Å²) in [6, 6.07) is 7.59. The van der Waals surface area contributed by atoms with Gasteiger partial charge in [-0.2, -0.15) is 0 Å². The van der Waals surface area contributed by atoms with Crippen LogP contribution in [0.5, 0.6) is 0 Å². The van der Waals surface area contributed by atoms with Gasteiger partial charge in [0.2, 0.25) is 5.91 Å². The molecule has 0 radical (unpaired) electrons. The minimum absolute atomic E-state index is 0.0671. The summed E-state index contributed by atoms with van der Waals surface area (Å²) < 4.78 is 0. The van der Waals surface area contributed by atoms with Crippen molar-refractivity contribution in [2.24, 2.45) is 5.92 Å². The van der Waals surface area contributed by atoms with Crippen LogP contribution < -0.4 is 10.6 Å². The van der Waals surface area contributed by atoms with Crippen LogP contribution in [0.2, 0.25) is 5.02 Å². The third kappa shape index (κ3) is 5.79. The molecule has 1 fully saturated rings. The topological polar surface area (TPSA) is 44.4 Å². The first-order valence-corrected chi connectivity index (χ1v) is 8.94. The molecule has 1 atom stereocenters. The lowest BCUT2D eigenvalue weighted by molar-refractivity contribution is -0.123. The van der Waals surface area contributed by atoms with E-state index in [0.29, 0.717) is 11.6 Å². The van der Waals surface area contributed by atoms with Crippen LogP contribution >= 0.6 is 11.6 Å². The first-order chi connectivity index (χ1) is 11.1. The molecule has 1 amide bonds. The number of rotatable bonds is 7. The Hall–Kier alpha value is -1.10. The number of benzene rings is 1. The third-order valence-corrected chi connectivity index (χ3v) is 4.85. The van der Waals surface area contributed by atoms with E-state index >= 15 is 0 Å². The van der Waals surface area contributed by atoms with Crippen LogP contribution in [-0.2, 0) is 4.79 Å². The Balaban J connectivity index is 1.74. The Morgan fingerprint density at radius 2 is 2.04 bits per heavy atom. The van der Waals surface area contributed by atoms with Gasteiger partial charge in [0.15, 0.2) is 0 Å². The number of halogens is 1. The summed E-state index contributed by atoms with van der Waals surface area (Å²) >= 11 is 6.18. The zero-order valence-electron chi connectivity index (χ0n) is 14.1. The van der Waals surface area contributed by atoms with Gasteiger partial charge in [-0.25, -0.2) is 0 Å². The zero-order chi connectivity index (χ0) is 16.7. The number of hydrogen-bond donors (Lipinski definition) is 2. The standard InChI is InChI=1S/C18H28ClN3O/c1-3-20-12-15-8-10-22(11-9-15)13-18(23)21-14(2)16-6-4-5-7-17(16)19/h4-7,14-15,20H,3,8-13H2,1-2H3,(H,21,23). The van der Waals surface area contributed by atoms with E-state index in [4.69, 9.17) is 11.6 Å². The fraction of sp³-hybridized carbons (Fsp3) is 0.611. The predicted octanol–water partition coefficient (Wildman–Crippen LogP) is 2.84. The molecule has 2 N–H and O–H groups in total. The molecule has 1 aromatic rings. The second-order valence-electron chi connectivity index (χ2n) is 6.34. The number of nitrogens with zero attached hydrogens (tertiary/aromatic N) is 1. The second kappa shape index (κ2) is 9.26. The van der Waals surface area contributed by atoms with Crippen LogP contribution in [-0.4, -0.2) is 43.5 Å². The minimum atomic E-state index is -0.0671. The van der Waals surface area contributed by atoms with Gasteiger partial charge in [0.25, 0.3) is 0 Å². The lowest BCUT2D eigenvalue weighted by atomic mass is 9.97. The zero-order valence-corrected chi connectivity index (χ0v) is 14.9. The molecule has 1 aliphatic rings. The summed E-state index contributed by atoms with van der Waals surface area (Å²) in [6.07, 6.45) is 2.33. The first kappa shape index (κ1) is 18.2. The maximum atomic E-state index is 12.3. The number of amides is 1. The van der Waals surface area contributed by atoms with Crippen LogP contribution in [0.15, 0.2) is 24.3 Å². The molecule has 1 aromatic carbocycles. The molecule has 4 nitrogen and oxygen atoms in total. The molecule has 0 saturated carbocycles. The van der Waals surface area contributed by atoms with E-state index in [1.54, 1.807) is 0 Å². The van der Waals surface area contributed by atoms with Gasteiger partial charge in [-0.3, -0.25) is 9.69 Å². The predicted molar refractivity (Wildman–Crippen MR) is 95.7 cm³/mol. The number of hydrogen-bond acceptors (Lipinski definition) is 3. The van der Waals surface area contributed by atoms with Gasteiger partial charge in [-0.1, -0.05) is 36.7 Å². The Morgan fingerprint density at radius 1 is 1.35 bits per heavy atom. The van der Waals surface area contributed by atoms with Crippen molar-refractivity contribution in [3.8, 4) is 0 Å². The van der Waals surface area contributed by atoms with Crippen LogP contribution in [0.4, 0.5) is 0 Å². The van der Waals surface area contributed by atoms with E-state index in [2.05, 4.69) is 22.5 Å². The molecule has 0 spiro atoms. The Bertz CT molecular complexity index is 501. The SMILES string of the molecule is CCNCC1CCN(CC(=O)NC(C)c2ccccc2Cl)CC1. The molecular formula is C18H28ClN3O. The summed E-state index contributed by atoms with van der Waals surface area (Å²) in [5.41, 5.74) is 0.965. The van der Waals surface area contributed by atoms with Crippen molar-refractivity contribution in [2.45, 2.75) is 32.7 Å². The Labute approximate surface area is 144 Å². The fourth-order valence-electron chi connectivity index (χ4n) is 3.09. The summed E-state index contributed by atoms with van der Waals surface area (Å²) in [6.45, 7) is 8.72. The number of likely N-dealkylation sites (tertiary alicyclic amines) is 1. The molecule has 0 aliphatic carbocycles. The minimum Gasteiger partial charge on any atom is -0.348 e. The molecule has 1 aliphatic heterocycles. The first-order valence-electron chi connectivity index (χ1n) is 8.57. The number of nitrogens with one attached hydrogen (secondary N) is 2. The van der Waals surface area contributed by atoms with E-state index in [1.165, 1.54) is 12.8 Å². The van der Waals surface area contributed by atoms with Crippen molar-refractivity contribution in [3.05, 3.63) is 34.9 Å². The third-order valence-electron chi connectivity index (χ3n) is 4.51. The van der Waals surface area contributed by atoms with E-state index in [0.717, 1.165) is 37.7 Å². The van der Waals surface area contributed by atoms with Crippen molar-refractivity contribution in [3.63, 3.8) is 0 Å². The summed E-state index contributed by atoms with van der Waals surface area (Å²) in [5.74, 6) is 0.818. The molecule has 0 bridgehead atoms. The normalized spacial score (nSPS) is 17.9. The van der Waals surface area contributed by atoms with Gasteiger partial charge in [-0.05, 0) is 63.5 Å². The van der Waals surface area contributed by atoms with Gasteiger partial charge < -0.3 is 10.6 Å². The van der Waals surface area contributed by atoms with E-state index < -0.39 is 0 Å². The monoisotopic (exact) mass is 337 g/mol. The van der Waals surface area contributed by atoms with Crippen molar-refractivity contribution >= 4 is 17.5 Å². The van der Waals surface area contributed by atoms with Crippen molar-refractivity contribution in [1.29, 1.82) is 0 Å². The summed E-state index contributed by atoms with van der Waals surface area (Å²) in [4.78, 5) is 14.5. The molecule has 1 heterocycles. The molecule has 0 aromatic heterocycles. The van der Waals surface area contributed by atoms with Crippen LogP contribution in [0.1, 0.15) is 38.3 Å². The number of carbonyl (C=O) groups excluding carboxylic acids is 1. The molecule has 2 rings (SSSR count). The van der Waals surface area contributed by atoms with Crippen molar-refractivity contribution < 1.29 is 4.79 Å². The largest absolute Gasteiger partial charge is 0.348 e. The van der Waals surface area contributed by atoms with E-state index in [-0.39, 0.29) is 11.9 Å². The van der Waals surface area contributed by atoms with Crippen LogP contribution in [0.3, 0.4) is 0 Å². The van der Waals surface area contributed by atoms with Gasteiger partial charge >= 0.3 is 0 Å². The quantitative estimate of drug-likeness (QED) is 0.804. The lowest BCUT2D eigenvalue weighted by Crippen LogP contribution is -2.43. The number of carbonyl (C=O) groups is 1. The van der Waals surface area contributed by atoms with Crippen molar-refractivity contribution in [1.82, 2.24) is 15.5 Å². The average Bonchev–Trinajstić information content (AvgIpc) is 2.54. The molecule has 23 heavy (non-hydrogen) atoms. The number of piperidine rings is 1. The Morgan fingerprint density at radius 3 is 2.70 bits per heavy atom. The molecular weight excluding hydrogens is 310 g/mol. The average molecular weight is 338 g/mol. The van der Waals surface area contributed by atoms with Gasteiger partial charge in [0.05, 0.1) is 12.6 Å². The highest BCUT2D eigenvalue weighted by Crippen LogP contribution is 2.22. The Kier molecular flexibility index (Phi) is 7.34. The van der Waals surface area contributed by atoms with Gasteiger partial charge in [-0.15, -0.1) is 0 Å². The lowest BCUT2D eigenvalue weighted by Gasteiger charge is -2.31. The highest BCUT2D eigenvalue weighted by atomic mass is 35.5. The molecule has 1 saturated heterocycles. The summed E-state index contributed by atoms with van der Waals surface area (Å²) in [7, 11) is 0. The van der Waals surface area contributed by atoms with Crippen molar-refractivity contribution in [2.75, 3.05) is 32.7 Å².